The van der Waals surface area contributed by atoms with Crippen molar-refractivity contribution >= 4 is 17.6 Å². The average Bonchev–Trinajstić information content (AvgIpc) is 2.85. The second-order valence-corrected chi connectivity index (χ2v) is 5.41. The van der Waals surface area contributed by atoms with Gasteiger partial charge in [0.1, 0.15) is 18.9 Å². The van der Waals surface area contributed by atoms with Gasteiger partial charge in [-0.05, 0) is 31.2 Å². The van der Waals surface area contributed by atoms with E-state index in [4.69, 9.17) is 4.74 Å². The molecular weight excluding hydrogens is 292 g/mol. The normalized spacial score (nSPS) is 14.5. The van der Waals surface area contributed by atoms with Gasteiger partial charge in [0.25, 0.3) is 5.91 Å². The molecule has 5 nitrogen and oxygen atoms in total. The predicted octanol–water partition coefficient (Wildman–Crippen LogP) is 2.84. The zero-order valence-electron chi connectivity index (χ0n) is 12.9. The minimum atomic E-state index is -0.297. The molecule has 3 amide bonds. The summed E-state index contributed by atoms with van der Waals surface area (Å²) in [5.74, 6) is 0.529. The molecule has 0 spiro atoms. The van der Waals surface area contributed by atoms with Crippen LogP contribution in [0.3, 0.4) is 0 Å². The number of para-hydroxylation sites is 1. The van der Waals surface area contributed by atoms with Crippen LogP contribution in [0.15, 0.2) is 54.6 Å². The number of hydrogen-bond acceptors (Lipinski definition) is 3. The molecule has 1 fully saturated rings. The number of rotatable bonds is 5. The van der Waals surface area contributed by atoms with Gasteiger partial charge in [-0.3, -0.25) is 14.6 Å². The highest BCUT2D eigenvalue weighted by Gasteiger charge is 2.36. The minimum Gasteiger partial charge on any atom is -0.492 e. The standard InChI is InChI=1S/C18H18N2O3/c1-14-7-9-16(10-8-14)23-12-11-19-17(21)13-20(18(19)22)15-5-3-2-4-6-15/h2-10H,11-13H2,1H3. The molecule has 0 atom stereocenters. The lowest BCUT2D eigenvalue weighted by Gasteiger charge is -2.17. The number of benzene rings is 2. The van der Waals surface area contributed by atoms with Crippen molar-refractivity contribution in [3.63, 3.8) is 0 Å². The average molecular weight is 310 g/mol. The fraction of sp³-hybridized carbons (Fsp3) is 0.222. The molecule has 0 aromatic heterocycles. The van der Waals surface area contributed by atoms with Crippen LogP contribution in [-0.4, -0.2) is 36.5 Å². The molecule has 1 aliphatic rings. The third-order valence-corrected chi connectivity index (χ3v) is 3.73. The van der Waals surface area contributed by atoms with Crippen molar-refractivity contribution in [2.24, 2.45) is 0 Å². The molecule has 1 saturated heterocycles. The number of ether oxygens (including phenoxy) is 1. The van der Waals surface area contributed by atoms with Crippen molar-refractivity contribution in [2.75, 3.05) is 24.6 Å². The van der Waals surface area contributed by atoms with E-state index in [-0.39, 0.29) is 31.6 Å². The van der Waals surface area contributed by atoms with Gasteiger partial charge in [-0.25, -0.2) is 4.79 Å². The van der Waals surface area contributed by atoms with Crippen LogP contribution in [0, 0.1) is 6.92 Å². The Labute approximate surface area is 135 Å². The van der Waals surface area contributed by atoms with E-state index in [1.54, 1.807) is 0 Å². The summed E-state index contributed by atoms with van der Waals surface area (Å²) in [5.41, 5.74) is 1.88. The van der Waals surface area contributed by atoms with Crippen molar-refractivity contribution in [2.45, 2.75) is 6.92 Å². The molecule has 0 radical (unpaired) electrons. The Morgan fingerprint density at radius 1 is 1.00 bits per heavy atom. The van der Waals surface area contributed by atoms with E-state index >= 15 is 0 Å². The molecule has 0 N–H and O–H groups in total. The number of hydrogen-bond donors (Lipinski definition) is 0. The van der Waals surface area contributed by atoms with Crippen LogP contribution in [-0.2, 0) is 4.79 Å². The summed E-state index contributed by atoms with van der Waals surface area (Å²) in [6.45, 7) is 2.61. The number of urea groups is 1. The molecule has 0 aliphatic carbocycles. The van der Waals surface area contributed by atoms with E-state index in [1.165, 1.54) is 9.80 Å². The zero-order valence-corrected chi connectivity index (χ0v) is 12.9. The summed E-state index contributed by atoms with van der Waals surface area (Å²) in [6.07, 6.45) is 0. The molecule has 0 bridgehead atoms. The quantitative estimate of drug-likeness (QED) is 0.798. The second-order valence-electron chi connectivity index (χ2n) is 5.41. The van der Waals surface area contributed by atoms with E-state index in [0.717, 1.165) is 17.0 Å². The van der Waals surface area contributed by atoms with Gasteiger partial charge in [0.15, 0.2) is 0 Å². The van der Waals surface area contributed by atoms with E-state index in [9.17, 15) is 9.59 Å². The summed E-state index contributed by atoms with van der Waals surface area (Å²) >= 11 is 0. The van der Waals surface area contributed by atoms with Gasteiger partial charge in [0, 0.05) is 5.69 Å². The van der Waals surface area contributed by atoms with Gasteiger partial charge in [-0.2, -0.15) is 0 Å². The highest BCUT2D eigenvalue weighted by atomic mass is 16.5. The summed E-state index contributed by atoms with van der Waals surface area (Å²) in [4.78, 5) is 27.2. The maximum absolute atomic E-state index is 12.4. The third kappa shape index (κ3) is 3.34. The molecule has 1 heterocycles. The van der Waals surface area contributed by atoms with Crippen molar-refractivity contribution in [3.8, 4) is 5.75 Å². The topological polar surface area (TPSA) is 49.9 Å². The number of amides is 3. The number of carbonyl (C=O) groups is 2. The van der Waals surface area contributed by atoms with Gasteiger partial charge in [-0.15, -0.1) is 0 Å². The number of nitrogens with zero attached hydrogens (tertiary/aromatic N) is 2. The zero-order chi connectivity index (χ0) is 16.2. The van der Waals surface area contributed by atoms with Gasteiger partial charge < -0.3 is 4.74 Å². The summed E-state index contributed by atoms with van der Waals surface area (Å²) < 4.78 is 5.60. The van der Waals surface area contributed by atoms with Crippen molar-refractivity contribution in [1.82, 2.24) is 4.90 Å². The summed E-state index contributed by atoms with van der Waals surface area (Å²) in [7, 11) is 0. The highest BCUT2D eigenvalue weighted by Crippen LogP contribution is 2.20. The van der Waals surface area contributed by atoms with E-state index in [1.807, 2.05) is 61.5 Å². The van der Waals surface area contributed by atoms with Crippen molar-refractivity contribution in [1.29, 1.82) is 0 Å². The van der Waals surface area contributed by atoms with Gasteiger partial charge >= 0.3 is 6.03 Å². The number of aryl methyl sites for hydroxylation is 1. The second kappa shape index (κ2) is 6.52. The first kappa shape index (κ1) is 15.1. The SMILES string of the molecule is Cc1ccc(OCCN2C(=O)CN(c3ccccc3)C2=O)cc1. The summed E-state index contributed by atoms with van der Waals surface area (Å²) in [6, 6.07) is 16.6. The molecule has 23 heavy (non-hydrogen) atoms. The molecule has 0 unspecified atom stereocenters. The fourth-order valence-corrected chi connectivity index (χ4v) is 2.46. The molecule has 5 heteroatoms. The van der Waals surface area contributed by atoms with E-state index in [0.29, 0.717) is 0 Å². The highest BCUT2D eigenvalue weighted by molar-refractivity contribution is 6.12. The Morgan fingerprint density at radius 3 is 2.39 bits per heavy atom. The number of imide groups is 1. The smallest absolute Gasteiger partial charge is 0.331 e. The molecule has 2 aromatic rings. The Kier molecular flexibility index (Phi) is 4.28. The first-order chi connectivity index (χ1) is 11.1. The van der Waals surface area contributed by atoms with Crippen molar-refractivity contribution in [3.05, 3.63) is 60.2 Å². The molecular formula is C18H18N2O3. The molecule has 118 valence electrons. The van der Waals surface area contributed by atoms with Gasteiger partial charge in [-0.1, -0.05) is 35.9 Å². The first-order valence-electron chi connectivity index (χ1n) is 7.51. The lowest BCUT2D eigenvalue weighted by molar-refractivity contribution is -0.125. The van der Waals surface area contributed by atoms with Gasteiger partial charge in [0.05, 0.1) is 6.54 Å². The fourth-order valence-electron chi connectivity index (χ4n) is 2.46. The monoisotopic (exact) mass is 310 g/mol. The number of carbonyl (C=O) groups excluding carboxylic acids is 2. The molecule has 1 aliphatic heterocycles. The third-order valence-electron chi connectivity index (χ3n) is 3.73. The van der Waals surface area contributed by atoms with Crippen LogP contribution < -0.4 is 9.64 Å². The Hall–Kier alpha value is -2.82. The lowest BCUT2D eigenvalue weighted by atomic mass is 10.2. The lowest BCUT2D eigenvalue weighted by Crippen LogP contribution is -2.36. The molecule has 2 aromatic carbocycles. The Bertz CT molecular complexity index is 698. The van der Waals surface area contributed by atoms with E-state index < -0.39 is 0 Å². The molecule has 3 rings (SSSR count). The Balaban J connectivity index is 1.59. The van der Waals surface area contributed by atoms with Crippen LogP contribution in [0.5, 0.6) is 5.75 Å². The molecule has 0 saturated carbocycles. The first-order valence-corrected chi connectivity index (χ1v) is 7.51. The maximum atomic E-state index is 12.4. The summed E-state index contributed by atoms with van der Waals surface area (Å²) in [5, 5.41) is 0. The van der Waals surface area contributed by atoms with Crippen LogP contribution in [0.4, 0.5) is 10.5 Å². The maximum Gasteiger partial charge on any atom is 0.331 e. The van der Waals surface area contributed by atoms with Gasteiger partial charge in [0.2, 0.25) is 0 Å². The van der Waals surface area contributed by atoms with Crippen LogP contribution in [0.1, 0.15) is 5.56 Å². The minimum absolute atomic E-state index is 0.0768. The predicted molar refractivity (Wildman–Crippen MR) is 87.6 cm³/mol. The largest absolute Gasteiger partial charge is 0.492 e. The van der Waals surface area contributed by atoms with Crippen molar-refractivity contribution < 1.29 is 14.3 Å². The number of anilines is 1. The van der Waals surface area contributed by atoms with Crippen LogP contribution in [0.2, 0.25) is 0 Å². The van der Waals surface area contributed by atoms with Crippen LogP contribution >= 0.6 is 0 Å². The Morgan fingerprint density at radius 2 is 1.70 bits per heavy atom. The van der Waals surface area contributed by atoms with E-state index in [2.05, 4.69) is 0 Å². The van der Waals surface area contributed by atoms with Crippen LogP contribution in [0.25, 0.3) is 0 Å².